The van der Waals surface area contributed by atoms with Crippen LogP contribution in [0.4, 0.5) is 4.79 Å². The van der Waals surface area contributed by atoms with Gasteiger partial charge in [-0.15, -0.1) is 0 Å². The summed E-state index contributed by atoms with van der Waals surface area (Å²) in [5.41, 5.74) is 1.98. The molecule has 1 aromatic carbocycles. The van der Waals surface area contributed by atoms with Gasteiger partial charge in [-0.1, -0.05) is 43.5 Å². The van der Waals surface area contributed by atoms with Gasteiger partial charge in [-0.3, -0.25) is 4.79 Å². The number of carboxylic acids is 1. The van der Waals surface area contributed by atoms with Crippen LogP contribution in [0.5, 0.6) is 0 Å². The molecule has 0 spiro atoms. The number of rotatable bonds is 6. The summed E-state index contributed by atoms with van der Waals surface area (Å²) in [6.45, 7) is 0.716. The molecule has 152 valence electrons. The van der Waals surface area contributed by atoms with Crippen molar-refractivity contribution >= 4 is 17.9 Å². The summed E-state index contributed by atoms with van der Waals surface area (Å²) in [5.74, 6) is -1.16. The van der Waals surface area contributed by atoms with Gasteiger partial charge in [0.1, 0.15) is 6.04 Å². The summed E-state index contributed by atoms with van der Waals surface area (Å²) in [6, 6.07) is 6.88. The molecule has 0 radical (unpaired) electrons. The number of aliphatic carboxylic acids is 1. The molecule has 1 aromatic rings. The van der Waals surface area contributed by atoms with E-state index in [4.69, 9.17) is 0 Å². The van der Waals surface area contributed by atoms with Crippen LogP contribution in [0.2, 0.25) is 0 Å². The van der Waals surface area contributed by atoms with Crippen molar-refractivity contribution in [3.8, 4) is 0 Å². The molecule has 3 N–H and O–H groups in total. The first-order chi connectivity index (χ1) is 13.5. The Morgan fingerprint density at radius 1 is 1.07 bits per heavy atom. The number of carbonyl (C=O) groups is 3. The molecule has 1 aliphatic heterocycles. The molecule has 3 rings (SSSR count). The zero-order chi connectivity index (χ0) is 19.9. The van der Waals surface area contributed by atoms with Crippen LogP contribution in [0.3, 0.4) is 0 Å². The molecule has 1 atom stereocenters. The van der Waals surface area contributed by atoms with E-state index in [-0.39, 0.29) is 24.4 Å². The van der Waals surface area contributed by atoms with Crippen molar-refractivity contribution in [3.05, 3.63) is 35.4 Å². The molecule has 1 aliphatic carbocycles. The largest absolute Gasteiger partial charge is 0.480 e. The van der Waals surface area contributed by atoms with Gasteiger partial charge in [0.15, 0.2) is 0 Å². The second-order valence-electron chi connectivity index (χ2n) is 7.69. The number of carboxylic acid groups (broad SMARTS) is 1. The summed E-state index contributed by atoms with van der Waals surface area (Å²) < 4.78 is 0. The lowest BCUT2D eigenvalue weighted by molar-refractivity contribution is -0.151. The van der Waals surface area contributed by atoms with Gasteiger partial charge in [-0.2, -0.15) is 0 Å². The van der Waals surface area contributed by atoms with Crippen LogP contribution in [0.1, 0.15) is 56.1 Å². The topological polar surface area (TPSA) is 98.7 Å². The molecule has 1 unspecified atom stereocenters. The van der Waals surface area contributed by atoms with Crippen LogP contribution in [0.15, 0.2) is 24.3 Å². The van der Waals surface area contributed by atoms with Gasteiger partial charge < -0.3 is 20.6 Å². The molecule has 1 heterocycles. The highest BCUT2D eigenvalue weighted by molar-refractivity contribution is 5.84. The second-order valence-corrected chi connectivity index (χ2v) is 7.69. The fourth-order valence-corrected chi connectivity index (χ4v) is 4.07. The van der Waals surface area contributed by atoms with Crippen molar-refractivity contribution in [2.45, 2.75) is 70.0 Å². The number of nitrogens with zero attached hydrogens (tertiary/aromatic N) is 1. The number of hydrogen-bond acceptors (Lipinski definition) is 3. The van der Waals surface area contributed by atoms with E-state index in [1.54, 1.807) is 0 Å². The van der Waals surface area contributed by atoms with E-state index in [2.05, 4.69) is 10.6 Å². The summed E-state index contributed by atoms with van der Waals surface area (Å²) in [4.78, 5) is 37.6. The lowest BCUT2D eigenvalue weighted by atomic mass is 9.93. The monoisotopic (exact) mass is 387 g/mol. The molecule has 0 saturated heterocycles. The molecule has 7 nitrogen and oxygen atoms in total. The Morgan fingerprint density at radius 3 is 2.50 bits per heavy atom. The maximum absolute atomic E-state index is 12.6. The van der Waals surface area contributed by atoms with Crippen LogP contribution >= 0.6 is 0 Å². The van der Waals surface area contributed by atoms with E-state index in [9.17, 15) is 19.5 Å². The Bertz CT molecular complexity index is 715. The molecular formula is C21H29N3O4. The Morgan fingerprint density at radius 2 is 1.79 bits per heavy atom. The maximum atomic E-state index is 12.6. The fourth-order valence-electron chi connectivity index (χ4n) is 4.07. The summed E-state index contributed by atoms with van der Waals surface area (Å²) in [6.07, 6.45) is 6.64. The summed E-state index contributed by atoms with van der Waals surface area (Å²) >= 11 is 0. The Balaban J connectivity index is 1.44. The second kappa shape index (κ2) is 9.57. The predicted molar refractivity (Wildman–Crippen MR) is 105 cm³/mol. The van der Waals surface area contributed by atoms with Crippen LogP contribution in [0, 0.1) is 0 Å². The Hall–Kier alpha value is -2.57. The highest BCUT2D eigenvalue weighted by Gasteiger charge is 2.34. The fraction of sp³-hybridized carbons (Fsp3) is 0.571. The number of amides is 3. The molecule has 1 fully saturated rings. The number of urea groups is 1. The number of hydrogen-bond donors (Lipinski definition) is 3. The lowest BCUT2D eigenvalue weighted by Gasteiger charge is -2.34. The average Bonchev–Trinajstić information content (AvgIpc) is 2.70. The number of benzene rings is 1. The SMILES string of the molecule is O=C(NCCCC(=O)N1Cc2ccccc2CC1C(=O)O)NC1CCCCC1. The van der Waals surface area contributed by atoms with Crippen LogP contribution in [0.25, 0.3) is 0 Å². The van der Waals surface area contributed by atoms with E-state index in [1.165, 1.54) is 11.3 Å². The molecule has 28 heavy (non-hydrogen) atoms. The number of carbonyl (C=O) groups excluding carboxylic acids is 2. The predicted octanol–water partition coefficient (Wildman–Crippen LogP) is 2.44. The van der Waals surface area contributed by atoms with Crippen LogP contribution < -0.4 is 10.6 Å². The Labute approximate surface area is 165 Å². The molecule has 2 aliphatic rings. The van der Waals surface area contributed by atoms with E-state index >= 15 is 0 Å². The zero-order valence-electron chi connectivity index (χ0n) is 16.2. The van der Waals surface area contributed by atoms with Crippen LogP contribution in [-0.2, 0) is 22.6 Å². The minimum Gasteiger partial charge on any atom is -0.480 e. The molecule has 7 heteroatoms. The highest BCUT2D eigenvalue weighted by Crippen LogP contribution is 2.24. The van der Waals surface area contributed by atoms with Gasteiger partial charge in [-0.25, -0.2) is 9.59 Å². The van der Waals surface area contributed by atoms with E-state index in [1.807, 2.05) is 24.3 Å². The first kappa shape index (κ1) is 20.2. The van der Waals surface area contributed by atoms with E-state index in [0.717, 1.165) is 36.8 Å². The quantitative estimate of drug-likeness (QED) is 0.653. The highest BCUT2D eigenvalue weighted by atomic mass is 16.4. The van der Waals surface area contributed by atoms with Gasteiger partial charge in [-0.05, 0) is 30.4 Å². The van der Waals surface area contributed by atoms with Crippen molar-refractivity contribution in [1.82, 2.24) is 15.5 Å². The van der Waals surface area contributed by atoms with Gasteiger partial charge >= 0.3 is 12.0 Å². The van der Waals surface area contributed by atoms with Gasteiger partial charge in [0.2, 0.25) is 5.91 Å². The normalized spacial score (nSPS) is 19.6. The third-order valence-corrected chi connectivity index (χ3v) is 5.65. The molecule has 1 saturated carbocycles. The smallest absolute Gasteiger partial charge is 0.326 e. The summed E-state index contributed by atoms with van der Waals surface area (Å²) in [7, 11) is 0. The lowest BCUT2D eigenvalue weighted by Crippen LogP contribution is -2.48. The standard InChI is InChI=1S/C21H29N3O4/c25-19(11-6-12-22-21(28)23-17-9-2-1-3-10-17)24-14-16-8-5-4-7-15(16)13-18(24)20(26)27/h4-5,7-8,17-18H,1-3,6,9-14H2,(H,26,27)(H2,22,23,28). The van der Waals surface area contributed by atoms with Crippen molar-refractivity contribution < 1.29 is 19.5 Å². The number of fused-ring (bicyclic) bond motifs is 1. The van der Waals surface area contributed by atoms with Gasteiger partial charge in [0.25, 0.3) is 0 Å². The van der Waals surface area contributed by atoms with Crippen molar-refractivity contribution in [3.63, 3.8) is 0 Å². The van der Waals surface area contributed by atoms with Gasteiger partial charge in [0, 0.05) is 32.0 Å². The van der Waals surface area contributed by atoms with Crippen molar-refractivity contribution in [1.29, 1.82) is 0 Å². The van der Waals surface area contributed by atoms with Crippen LogP contribution in [-0.4, -0.2) is 46.5 Å². The third kappa shape index (κ3) is 5.24. The molecular weight excluding hydrogens is 358 g/mol. The Kier molecular flexibility index (Phi) is 6.90. The molecule has 0 bridgehead atoms. The average molecular weight is 387 g/mol. The summed E-state index contributed by atoms with van der Waals surface area (Å²) in [5, 5.41) is 15.3. The third-order valence-electron chi connectivity index (χ3n) is 5.65. The minimum absolute atomic E-state index is 0.184. The first-order valence-electron chi connectivity index (χ1n) is 10.2. The first-order valence-corrected chi connectivity index (χ1v) is 10.2. The van der Waals surface area contributed by atoms with Crippen molar-refractivity contribution in [2.75, 3.05) is 6.54 Å². The van der Waals surface area contributed by atoms with Gasteiger partial charge in [0.05, 0.1) is 0 Å². The molecule has 0 aromatic heterocycles. The zero-order valence-corrected chi connectivity index (χ0v) is 16.2. The van der Waals surface area contributed by atoms with E-state index in [0.29, 0.717) is 25.9 Å². The van der Waals surface area contributed by atoms with Crippen molar-refractivity contribution in [2.24, 2.45) is 0 Å². The van der Waals surface area contributed by atoms with E-state index < -0.39 is 12.0 Å². The maximum Gasteiger partial charge on any atom is 0.326 e. The minimum atomic E-state index is -0.979. The molecule has 3 amide bonds. The number of nitrogens with one attached hydrogen (secondary N) is 2.